The Kier molecular flexibility index (Phi) is 3.73. The molecule has 5 heteroatoms. The first kappa shape index (κ1) is 13.1. The summed E-state index contributed by atoms with van der Waals surface area (Å²) in [5.41, 5.74) is 7.14. The number of aromatic nitrogens is 1. The third-order valence-corrected chi connectivity index (χ3v) is 3.74. The van der Waals surface area contributed by atoms with E-state index in [4.69, 9.17) is 5.73 Å². The van der Waals surface area contributed by atoms with Gasteiger partial charge in [-0.3, -0.25) is 0 Å². The van der Waals surface area contributed by atoms with Crippen LogP contribution in [0.3, 0.4) is 0 Å². The van der Waals surface area contributed by atoms with Crippen LogP contribution in [0, 0.1) is 25.5 Å². The van der Waals surface area contributed by atoms with E-state index in [0.29, 0.717) is 12.0 Å². The molecule has 1 heterocycles. The van der Waals surface area contributed by atoms with Crippen LogP contribution in [0.2, 0.25) is 0 Å². The summed E-state index contributed by atoms with van der Waals surface area (Å²) in [6, 6.07) is 1.95. The van der Waals surface area contributed by atoms with E-state index in [1.54, 1.807) is 6.92 Å². The van der Waals surface area contributed by atoms with Gasteiger partial charge in [0.2, 0.25) is 0 Å². The van der Waals surface area contributed by atoms with E-state index in [1.807, 2.05) is 12.3 Å². The van der Waals surface area contributed by atoms with Crippen LogP contribution in [-0.4, -0.2) is 4.98 Å². The Morgan fingerprint density at radius 3 is 2.67 bits per heavy atom. The Morgan fingerprint density at radius 1 is 1.33 bits per heavy atom. The highest BCUT2D eigenvalue weighted by atomic mass is 32.1. The Labute approximate surface area is 108 Å². The SMILES string of the molecule is Cc1csc(CC(N)c2c(F)ccc(C)c2F)n1. The predicted molar refractivity (Wildman–Crippen MR) is 68.6 cm³/mol. The topological polar surface area (TPSA) is 38.9 Å². The molecule has 0 spiro atoms. The number of hydrogen-bond donors (Lipinski definition) is 1. The molecule has 2 aromatic rings. The summed E-state index contributed by atoms with van der Waals surface area (Å²) in [5, 5.41) is 2.69. The molecule has 0 aliphatic carbocycles. The molecule has 1 aromatic heterocycles. The van der Waals surface area contributed by atoms with Gasteiger partial charge in [0.1, 0.15) is 11.6 Å². The average Bonchev–Trinajstić information content (AvgIpc) is 2.70. The van der Waals surface area contributed by atoms with Crippen molar-refractivity contribution in [1.29, 1.82) is 0 Å². The van der Waals surface area contributed by atoms with Crippen LogP contribution in [0.1, 0.15) is 27.9 Å². The minimum atomic E-state index is -0.713. The van der Waals surface area contributed by atoms with Gasteiger partial charge in [-0.1, -0.05) is 6.07 Å². The average molecular weight is 268 g/mol. The van der Waals surface area contributed by atoms with Crippen molar-refractivity contribution in [1.82, 2.24) is 4.98 Å². The quantitative estimate of drug-likeness (QED) is 0.927. The van der Waals surface area contributed by atoms with E-state index in [0.717, 1.165) is 10.7 Å². The standard InChI is InChI=1S/C13H14F2N2S/c1-7-3-4-9(14)12(13(7)15)10(16)5-11-17-8(2)6-18-11/h3-4,6,10H,5,16H2,1-2H3. The molecule has 2 nitrogen and oxygen atoms in total. The number of aryl methyl sites for hydroxylation is 2. The first-order valence-corrected chi connectivity index (χ1v) is 6.48. The number of benzene rings is 1. The van der Waals surface area contributed by atoms with Crippen molar-refractivity contribution in [3.63, 3.8) is 0 Å². The van der Waals surface area contributed by atoms with Gasteiger partial charge in [0.05, 0.1) is 5.01 Å². The maximum atomic E-state index is 13.9. The van der Waals surface area contributed by atoms with Gasteiger partial charge < -0.3 is 5.73 Å². The molecule has 2 N–H and O–H groups in total. The van der Waals surface area contributed by atoms with Crippen molar-refractivity contribution in [2.75, 3.05) is 0 Å². The number of thiazole rings is 1. The van der Waals surface area contributed by atoms with Crippen LogP contribution in [0.4, 0.5) is 8.78 Å². The van der Waals surface area contributed by atoms with E-state index < -0.39 is 17.7 Å². The summed E-state index contributed by atoms with van der Waals surface area (Å²) in [6.45, 7) is 3.47. The molecule has 0 aliphatic rings. The summed E-state index contributed by atoms with van der Waals surface area (Å²) in [7, 11) is 0. The van der Waals surface area contributed by atoms with Gasteiger partial charge in [0.25, 0.3) is 0 Å². The molecule has 0 bridgehead atoms. The fourth-order valence-corrected chi connectivity index (χ4v) is 2.64. The first-order valence-electron chi connectivity index (χ1n) is 5.60. The molecule has 1 aromatic carbocycles. The Morgan fingerprint density at radius 2 is 2.06 bits per heavy atom. The molecular formula is C13H14F2N2S. The summed E-state index contributed by atoms with van der Waals surface area (Å²) >= 11 is 1.45. The zero-order valence-electron chi connectivity index (χ0n) is 10.2. The molecule has 0 radical (unpaired) electrons. The number of nitrogens with two attached hydrogens (primary N) is 1. The lowest BCUT2D eigenvalue weighted by Crippen LogP contribution is -2.17. The van der Waals surface area contributed by atoms with E-state index in [2.05, 4.69) is 4.98 Å². The highest BCUT2D eigenvalue weighted by Gasteiger charge is 2.19. The minimum absolute atomic E-state index is 0.0529. The van der Waals surface area contributed by atoms with Crippen molar-refractivity contribution in [2.45, 2.75) is 26.3 Å². The van der Waals surface area contributed by atoms with Crippen LogP contribution in [-0.2, 0) is 6.42 Å². The molecule has 2 rings (SSSR count). The van der Waals surface area contributed by atoms with Crippen molar-refractivity contribution in [2.24, 2.45) is 5.73 Å². The maximum Gasteiger partial charge on any atom is 0.133 e. The lowest BCUT2D eigenvalue weighted by atomic mass is 10.0. The second kappa shape index (κ2) is 5.12. The third-order valence-electron chi connectivity index (χ3n) is 2.75. The van der Waals surface area contributed by atoms with E-state index in [-0.39, 0.29) is 5.56 Å². The summed E-state index contributed by atoms with van der Waals surface area (Å²) in [5.74, 6) is -1.16. The summed E-state index contributed by atoms with van der Waals surface area (Å²) in [4.78, 5) is 4.25. The zero-order chi connectivity index (χ0) is 13.3. The van der Waals surface area contributed by atoms with Crippen molar-refractivity contribution in [3.05, 3.63) is 51.0 Å². The van der Waals surface area contributed by atoms with Gasteiger partial charge >= 0.3 is 0 Å². The van der Waals surface area contributed by atoms with Gasteiger partial charge in [-0.2, -0.15) is 0 Å². The van der Waals surface area contributed by atoms with Crippen LogP contribution in [0.15, 0.2) is 17.5 Å². The van der Waals surface area contributed by atoms with Crippen molar-refractivity contribution >= 4 is 11.3 Å². The summed E-state index contributed by atoms with van der Waals surface area (Å²) in [6.07, 6.45) is 0.343. The van der Waals surface area contributed by atoms with Gasteiger partial charge in [-0.15, -0.1) is 11.3 Å². The number of nitrogens with zero attached hydrogens (tertiary/aromatic N) is 1. The number of rotatable bonds is 3. The first-order chi connectivity index (χ1) is 8.49. The second-order valence-electron chi connectivity index (χ2n) is 4.29. The highest BCUT2D eigenvalue weighted by molar-refractivity contribution is 7.09. The molecule has 18 heavy (non-hydrogen) atoms. The molecule has 0 aliphatic heterocycles. The maximum absolute atomic E-state index is 13.9. The van der Waals surface area contributed by atoms with E-state index in [9.17, 15) is 8.78 Å². The van der Waals surface area contributed by atoms with Crippen LogP contribution in [0.5, 0.6) is 0 Å². The minimum Gasteiger partial charge on any atom is -0.323 e. The molecule has 1 unspecified atom stereocenters. The lowest BCUT2D eigenvalue weighted by molar-refractivity contribution is 0.519. The van der Waals surface area contributed by atoms with Crippen LogP contribution >= 0.6 is 11.3 Å². The van der Waals surface area contributed by atoms with Gasteiger partial charge in [0.15, 0.2) is 0 Å². The molecular weight excluding hydrogens is 254 g/mol. The molecule has 0 fully saturated rings. The van der Waals surface area contributed by atoms with E-state index >= 15 is 0 Å². The number of halogens is 2. The highest BCUT2D eigenvalue weighted by Crippen LogP contribution is 2.25. The Hall–Kier alpha value is -1.33. The smallest absolute Gasteiger partial charge is 0.133 e. The fourth-order valence-electron chi connectivity index (χ4n) is 1.80. The zero-order valence-corrected chi connectivity index (χ0v) is 11.0. The van der Waals surface area contributed by atoms with Crippen molar-refractivity contribution in [3.8, 4) is 0 Å². The van der Waals surface area contributed by atoms with Gasteiger partial charge in [-0.05, 0) is 25.5 Å². The Bertz CT molecular complexity index is 566. The van der Waals surface area contributed by atoms with Gasteiger partial charge in [0, 0.05) is 29.1 Å². The molecule has 0 saturated heterocycles. The van der Waals surface area contributed by atoms with Crippen LogP contribution in [0.25, 0.3) is 0 Å². The molecule has 0 saturated carbocycles. The van der Waals surface area contributed by atoms with Crippen molar-refractivity contribution < 1.29 is 8.78 Å². The molecule has 96 valence electrons. The third kappa shape index (κ3) is 2.57. The predicted octanol–water partition coefficient (Wildman–Crippen LogP) is 3.28. The Balaban J connectivity index is 2.28. The number of hydrogen-bond acceptors (Lipinski definition) is 3. The van der Waals surface area contributed by atoms with E-state index in [1.165, 1.54) is 23.5 Å². The molecule has 1 atom stereocenters. The van der Waals surface area contributed by atoms with Crippen LogP contribution < -0.4 is 5.73 Å². The largest absolute Gasteiger partial charge is 0.323 e. The van der Waals surface area contributed by atoms with Gasteiger partial charge in [-0.25, -0.2) is 13.8 Å². The lowest BCUT2D eigenvalue weighted by Gasteiger charge is -2.13. The second-order valence-corrected chi connectivity index (χ2v) is 5.23. The normalized spacial score (nSPS) is 12.7. The summed E-state index contributed by atoms with van der Waals surface area (Å²) < 4.78 is 27.5. The molecule has 0 amide bonds. The fraction of sp³-hybridized carbons (Fsp3) is 0.308. The monoisotopic (exact) mass is 268 g/mol.